The molecule has 4 aromatic rings. The zero-order valence-electron chi connectivity index (χ0n) is 20.0. The first kappa shape index (κ1) is 22.8. The highest BCUT2D eigenvalue weighted by Crippen LogP contribution is 2.37. The molecule has 0 spiro atoms. The number of aromatic nitrogens is 3. The third kappa shape index (κ3) is 4.31. The van der Waals surface area contributed by atoms with E-state index in [-0.39, 0.29) is 11.7 Å². The molecule has 2 heterocycles. The number of hydrogen-bond acceptors (Lipinski definition) is 6. The van der Waals surface area contributed by atoms with Gasteiger partial charge in [0.1, 0.15) is 0 Å². The van der Waals surface area contributed by atoms with Crippen LogP contribution in [0.1, 0.15) is 33.7 Å². The van der Waals surface area contributed by atoms with E-state index in [1.165, 1.54) is 0 Å². The van der Waals surface area contributed by atoms with Gasteiger partial charge in [0.15, 0.2) is 22.9 Å². The van der Waals surface area contributed by atoms with Gasteiger partial charge in [-0.3, -0.25) is 4.79 Å². The minimum atomic E-state index is 0.0832. The first-order valence-corrected chi connectivity index (χ1v) is 11.5. The third-order valence-electron chi connectivity index (χ3n) is 6.33. The Hall–Kier alpha value is -3.97. The summed E-state index contributed by atoms with van der Waals surface area (Å²) < 4.78 is 18.2. The summed E-state index contributed by atoms with van der Waals surface area (Å²) in [6, 6.07) is 15.8. The van der Waals surface area contributed by atoms with Crippen molar-refractivity contribution in [3.8, 4) is 22.6 Å². The van der Waals surface area contributed by atoms with Crippen molar-refractivity contribution in [3.63, 3.8) is 0 Å². The van der Waals surface area contributed by atoms with Crippen molar-refractivity contribution >= 4 is 17.5 Å². The molecule has 0 aliphatic heterocycles. The number of ether oxygens (including phenoxy) is 3. The normalized spacial score (nSPS) is 15.5. The Kier molecular flexibility index (Phi) is 6.33. The van der Waals surface area contributed by atoms with E-state index in [1.807, 2.05) is 40.9 Å². The molecule has 1 aliphatic rings. The van der Waals surface area contributed by atoms with Crippen molar-refractivity contribution in [2.45, 2.75) is 19.4 Å². The zero-order chi connectivity index (χ0) is 24.4. The lowest BCUT2D eigenvalue weighted by Crippen LogP contribution is -2.22. The average molecular weight is 470 g/mol. The molecule has 0 fully saturated rings. The van der Waals surface area contributed by atoms with Crippen molar-refractivity contribution in [1.29, 1.82) is 0 Å². The summed E-state index contributed by atoms with van der Waals surface area (Å²) in [5, 5.41) is 4.86. The number of carbonyl (C=O) groups is 1. The van der Waals surface area contributed by atoms with Crippen LogP contribution in [0.2, 0.25) is 0 Å². The highest BCUT2D eigenvalue weighted by Gasteiger charge is 2.29. The summed E-state index contributed by atoms with van der Waals surface area (Å²) in [5.74, 6) is 1.43. The maximum Gasteiger partial charge on any atom is 0.166 e. The van der Waals surface area contributed by atoms with Gasteiger partial charge < -0.3 is 14.2 Å². The Morgan fingerprint density at radius 2 is 1.83 bits per heavy atom. The summed E-state index contributed by atoms with van der Waals surface area (Å²) in [6.07, 6.45) is 7.04. The number of allylic oxidation sites excluding steroid dienone is 1. The Morgan fingerprint density at radius 1 is 1.03 bits per heavy atom. The van der Waals surface area contributed by atoms with Crippen LogP contribution in [0.5, 0.6) is 11.5 Å². The standard InChI is InChI=1S/C28H27N3O4/c1-33-17-22-27(20-11-12-25(34-2)26(15-20)35-3)28-29-16-21-23(31(28)30-22)13-19(14-24(21)32)10-9-18-7-5-4-6-8-18/h4-12,15-16,19H,13-14,17H2,1-3H3/b10-9+. The molecular weight excluding hydrogens is 442 g/mol. The van der Waals surface area contributed by atoms with Crippen LogP contribution in [0.15, 0.2) is 60.8 Å². The van der Waals surface area contributed by atoms with Crippen LogP contribution in [0.25, 0.3) is 22.9 Å². The van der Waals surface area contributed by atoms with Crippen LogP contribution in [-0.4, -0.2) is 41.7 Å². The molecule has 7 heteroatoms. The van der Waals surface area contributed by atoms with E-state index in [0.29, 0.717) is 42.2 Å². The summed E-state index contributed by atoms with van der Waals surface area (Å²) >= 11 is 0. The van der Waals surface area contributed by atoms with Crippen molar-refractivity contribution < 1.29 is 19.0 Å². The lowest BCUT2D eigenvalue weighted by atomic mass is 9.86. The predicted octanol–water partition coefficient (Wildman–Crippen LogP) is 5.02. The molecule has 0 bridgehead atoms. The Bertz CT molecular complexity index is 1410. The second-order valence-electron chi connectivity index (χ2n) is 8.54. The lowest BCUT2D eigenvalue weighted by molar-refractivity contribution is 0.0957. The molecule has 1 aliphatic carbocycles. The number of methoxy groups -OCH3 is 3. The lowest BCUT2D eigenvalue weighted by Gasteiger charge is -2.21. The summed E-state index contributed by atoms with van der Waals surface area (Å²) in [6.45, 7) is 0.313. The molecule has 2 aromatic heterocycles. The van der Waals surface area contributed by atoms with E-state index in [4.69, 9.17) is 19.3 Å². The number of hydrogen-bond donors (Lipinski definition) is 0. The van der Waals surface area contributed by atoms with E-state index in [1.54, 1.807) is 27.5 Å². The molecule has 1 atom stereocenters. The SMILES string of the molecule is COCc1nn2c3c(cnc2c1-c1ccc(OC)c(OC)c1)C(=O)CC(/C=C/c1ccccc1)C3. The van der Waals surface area contributed by atoms with Crippen LogP contribution in [-0.2, 0) is 17.8 Å². The first-order chi connectivity index (χ1) is 17.1. The molecule has 0 saturated heterocycles. The van der Waals surface area contributed by atoms with Gasteiger partial charge in [0.05, 0.1) is 43.3 Å². The average Bonchev–Trinajstić information content (AvgIpc) is 3.26. The fourth-order valence-electron chi connectivity index (χ4n) is 4.65. The molecule has 0 saturated carbocycles. The Labute approximate surface area is 204 Å². The van der Waals surface area contributed by atoms with Gasteiger partial charge in [0.25, 0.3) is 0 Å². The Balaban J connectivity index is 1.60. The number of ketones is 1. The number of benzene rings is 2. The smallest absolute Gasteiger partial charge is 0.166 e. The van der Waals surface area contributed by atoms with Gasteiger partial charge in [-0.25, -0.2) is 9.50 Å². The van der Waals surface area contributed by atoms with E-state index in [2.05, 4.69) is 29.3 Å². The monoisotopic (exact) mass is 469 g/mol. The van der Waals surface area contributed by atoms with Crippen LogP contribution in [0.4, 0.5) is 0 Å². The number of carbonyl (C=O) groups excluding carboxylic acids is 1. The maximum absolute atomic E-state index is 13.0. The fraction of sp³-hybridized carbons (Fsp3) is 0.250. The minimum Gasteiger partial charge on any atom is -0.493 e. The molecule has 1 unspecified atom stereocenters. The molecular formula is C28H27N3O4. The van der Waals surface area contributed by atoms with E-state index >= 15 is 0 Å². The third-order valence-corrected chi connectivity index (χ3v) is 6.33. The van der Waals surface area contributed by atoms with Crippen LogP contribution >= 0.6 is 0 Å². The van der Waals surface area contributed by atoms with Gasteiger partial charge in [-0.2, -0.15) is 5.10 Å². The maximum atomic E-state index is 13.0. The fourth-order valence-corrected chi connectivity index (χ4v) is 4.65. The first-order valence-electron chi connectivity index (χ1n) is 11.5. The van der Waals surface area contributed by atoms with Crippen molar-refractivity contribution in [3.05, 3.63) is 83.3 Å². The molecule has 5 rings (SSSR count). The van der Waals surface area contributed by atoms with Gasteiger partial charge in [0.2, 0.25) is 0 Å². The van der Waals surface area contributed by atoms with Crippen molar-refractivity contribution in [1.82, 2.24) is 14.6 Å². The minimum absolute atomic E-state index is 0.0832. The van der Waals surface area contributed by atoms with Gasteiger partial charge in [-0.05, 0) is 35.6 Å². The molecule has 0 N–H and O–H groups in total. The molecule has 0 radical (unpaired) electrons. The highest BCUT2D eigenvalue weighted by molar-refractivity contribution is 5.99. The van der Waals surface area contributed by atoms with E-state index in [9.17, 15) is 4.79 Å². The number of fused-ring (bicyclic) bond motifs is 3. The van der Waals surface area contributed by atoms with Crippen LogP contribution in [0.3, 0.4) is 0 Å². The molecule has 2 aromatic carbocycles. The molecule has 0 amide bonds. The van der Waals surface area contributed by atoms with Gasteiger partial charge in [-0.1, -0.05) is 48.6 Å². The largest absolute Gasteiger partial charge is 0.493 e. The quantitative estimate of drug-likeness (QED) is 0.378. The van der Waals surface area contributed by atoms with Gasteiger partial charge >= 0.3 is 0 Å². The second-order valence-corrected chi connectivity index (χ2v) is 8.54. The summed E-state index contributed by atoms with van der Waals surface area (Å²) in [7, 11) is 4.85. The second kappa shape index (κ2) is 9.72. The Morgan fingerprint density at radius 3 is 2.57 bits per heavy atom. The summed E-state index contributed by atoms with van der Waals surface area (Å²) in [4.78, 5) is 17.7. The topological polar surface area (TPSA) is 75.0 Å². The van der Waals surface area contributed by atoms with E-state index < -0.39 is 0 Å². The van der Waals surface area contributed by atoms with Crippen LogP contribution < -0.4 is 9.47 Å². The molecule has 178 valence electrons. The number of nitrogens with zero attached hydrogens (tertiary/aromatic N) is 3. The molecule has 7 nitrogen and oxygen atoms in total. The predicted molar refractivity (Wildman–Crippen MR) is 134 cm³/mol. The molecule has 35 heavy (non-hydrogen) atoms. The van der Waals surface area contributed by atoms with Crippen molar-refractivity contribution in [2.24, 2.45) is 5.92 Å². The van der Waals surface area contributed by atoms with Crippen molar-refractivity contribution in [2.75, 3.05) is 21.3 Å². The van der Waals surface area contributed by atoms with Crippen LogP contribution in [0, 0.1) is 5.92 Å². The van der Waals surface area contributed by atoms with E-state index in [0.717, 1.165) is 28.1 Å². The number of Topliss-reactive ketones (excluding diaryl/α,β-unsaturated/α-hetero) is 1. The summed E-state index contributed by atoms with van der Waals surface area (Å²) in [5.41, 5.74) is 5.79. The van der Waals surface area contributed by atoms with Gasteiger partial charge in [0, 0.05) is 19.7 Å². The zero-order valence-corrected chi connectivity index (χ0v) is 20.0. The number of rotatable bonds is 7. The van der Waals surface area contributed by atoms with Gasteiger partial charge in [-0.15, -0.1) is 0 Å². The highest BCUT2D eigenvalue weighted by atomic mass is 16.5.